The molecule has 0 aromatic carbocycles. The van der Waals surface area contributed by atoms with Crippen LogP contribution in [0, 0.1) is 0 Å². The largest absolute Gasteiger partial charge is 0.409 e. The molecule has 17 heavy (non-hydrogen) atoms. The smallest absolute Gasteiger partial charge is 0.139 e. The van der Waals surface area contributed by atoms with Gasteiger partial charge in [0.05, 0.1) is 0 Å². The number of oxime groups is 1. The molecule has 1 unspecified atom stereocenters. The summed E-state index contributed by atoms with van der Waals surface area (Å²) in [6.07, 6.45) is 2.93. The Labute approximate surface area is 104 Å². The van der Waals surface area contributed by atoms with E-state index in [0.29, 0.717) is 18.3 Å². The van der Waals surface area contributed by atoms with Crippen molar-refractivity contribution in [1.29, 1.82) is 0 Å². The normalized spacial score (nSPS) is 22.5. The number of rotatable bonds is 7. The first-order chi connectivity index (χ1) is 8.21. The first-order valence-corrected chi connectivity index (χ1v) is 6.64. The van der Waals surface area contributed by atoms with Crippen LogP contribution in [0.25, 0.3) is 0 Å². The monoisotopic (exact) mass is 242 g/mol. The van der Waals surface area contributed by atoms with Crippen LogP contribution in [0.2, 0.25) is 0 Å². The van der Waals surface area contributed by atoms with E-state index in [2.05, 4.69) is 28.8 Å². The van der Waals surface area contributed by atoms with Crippen LogP contribution in [-0.4, -0.2) is 59.6 Å². The van der Waals surface area contributed by atoms with Gasteiger partial charge >= 0.3 is 0 Å². The molecule has 1 aliphatic rings. The zero-order chi connectivity index (χ0) is 12.7. The summed E-state index contributed by atoms with van der Waals surface area (Å²) in [7, 11) is 0. The third kappa shape index (κ3) is 4.52. The quantitative estimate of drug-likeness (QED) is 0.302. The molecule has 100 valence electrons. The maximum Gasteiger partial charge on any atom is 0.139 e. The predicted molar refractivity (Wildman–Crippen MR) is 70.4 cm³/mol. The number of amidine groups is 1. The number of hydrogen-bond donors (Lipinski definition) is 2. The van der Waals surface area contributed by atoms with Crippen LogP contribution in [0.3, 0.4) is 0 Å². The van der Waals surface area contributed by atoms with Crippen LogP contribution in [0.4, 0.5) is 0 Å². The number of nitrogens with two attached hydrogens (primary N) is 1. The van der Waals surface area contributed by atoms with Gasteiger partial charge < -0.3 is 15.8 Å². The highest BCUT2D eigenvalue weighted by atomic mass is 16.4. The average molecular weight is 242 g/mol. The number of likely N-dealkylation sites (N-methyl/N-ethyl adjacent to an activating group) is 1. The molecule has 5 nitrogen and oxygen atoms in total. The Morgan fingerprint density at radius 3 is 2.76 bits per heavy atom. The molecule has 1 rings (SSSR count). The highest BCUT2D eigenvalue weighted by Crippen LogP contribution is 2.15. The second-order valence-electron chi connectivity index (χ2n) is 4.66. The lowest BCUT2D eigenvalue weighted by atomic mass is 10.2. The maximum atomic E-state index is 8.45. The highest BCUT2D eigenvalue weighted by Gasteiger charge is 2.25. The van der Waals surface area contributed by atoms with E-state index in [0.717, 1.165) is 32.6 Å². The lowest BCUT2D eigenvalue weighted by Crippen LogP contribution is -2.37. The topological polar surface area (TPSA) is 65.1 Å². The van der Waals surface area contributed by atoms with Crippen molar-refractivity contribution in [3.8, 4) is 0 Å². The molecule has 0 bridgehead atoms. The molecule has 1 heterocycles. The van der Waals surface area contributed by atoms with Crippen molar-refractivity contribution in [2.24, 2.45) is 10.9 Å². The predicted octanol–water partition coefficient (Wildman–Crippen LogP) is 0.929. The van der Waals surface area contributed by atoms with E-state index in [1.54, 1.807) is 0 Å². The van der Waals surface area contributed by atoms with Crippen LogP contribution >= 0.6 is 0 Å². The van der Waals surface area contributed by atoms with Gasteiger partial charge in [-0.1, -0.05) is 19.0 Å². The third-order valence-corrected chi connectivity index (χ3v) is 3.61. The molecule has 1 saturated heterocycles. The fraction of sp³-hybridized carbons (Fsp3) is 0.917. The Balaban J connectivity index is 2.21. The minimum atomic E-state index is 0.337. The second kappa shape index (κ2) is 7.50. The van der Waals surface area contributed by atoms with Crippen molar-refractivity contribution >= 4 is 5.84 Å². The van der Waals surface area contributed by atoms with Crippen LogP contribution < -0.4 is 5.73 Å². The van der Waals surface area contributed by atoms with Gasteiger partial charge in [-0.15, -0.1) is 0 Å². The van der Waals surface area contributed by atoms with Crippen LogP contribution in [0.5, 0.6) is 0 Å². The summed E-state index contributed by atoms with van der Waals surface area (Å²) in [5.41, 5.74) is 5.45. The maximum absolute atomic E-state index is 8.45. The molecular weight excluding hydrogens is 216 g/mol. The molecule has 1 atom stereocenters. The van der Waals surface area contributed by atoms with E-state index >= 15 is 0 Å². The average Bonchev–Trinajstić information content (AvgIpc) is 2.79. The van der Waals surface area contributed by atoms with Gasteiger partial charge in [0.15, 0.2) is 0 Å². The summed E-state index contributed by atoms with van der Waals surface area (Å²) in [5.74, 6) is 0.337. The van der Waals surface area contributed by atoms with Gasteiger partial charge in [-0.05, 0) is 39.0 Å². The lowest BCUT2D eigenvalue weighted by Gasteiger charge is -2.26. The lowest BCUT2D eigenvalue weighted by molar-refractivity contribution is 0.210. The molecule has 0 spiro atoms. The summed E-state index contributed by atoms with van der Waals surface area (Å²) in [4.78, 5) is 5.01. The van der Waals surface area contributed by atoms with Gasteiger partial charge in [-0.25, -0.2) is 0 Å². The standard InChI is InChI=1S/C12H26N4O/c1-3-16(4-2)11-7-9-15(10-11)8-5-6-12(13)14-17/h11,17H,3-10H2,1-2H3,(H2,13,14). The molecule has 3 N–H and O–H groups in total. The first-order valence-electron chi connectivity index (χ1n) is 6.64. The Kier molecular flexibility index (Phi) is 6.29. The molecular formula is C12H26N4O. The zero-order valence-corrected chi connectivity index (χ0v) is 11.1. The van der Waals surface area contributed by atoms with Gasteiger partial charge in [-0.3, -0.25) is 4.90 Å². The Bertz CT molecular complexity index is 241. The highest BCUT2D eigenvalue weighted by molar-refractivity contribution is 5.79. The fourth-order valence-electron chi connectivity index (χ4n) is 2.59. The van der Waals surface area contributed by atoms with Gasteiger partial charge in [0.2, 0.25) is 0 Å². The minimum Gasteiger partial charge on any atom is -0.409 e. The van der Waals surface area contributed by atoms with E-state index in [4.69, 9.17) is 10.9 Å². The second-order valence-corrected chi connectivity index (χ2v) is 4.66. The molecule has 0 aromatic rings. The van der Waals surface area contributed by atoms with Gasteiger partial charge in [-0.2, -0.15) is 0 Å². The summed E-state index contributed by atoms with van der Waals surface area (Å²) in [5, 5.41) is 11.4. The summed E-state index contributed by atoms with van der Waals surface area (Å²) in [6, 6.07) is 0.717. The van der Waals surface area contributed by atoms with E-state index in [9.17, 15) is 0 Å². The fourth-order valence-corrected chi connectivity index (χ4v) is 2.59. The minimum absolute atomic E-state index is 0.337. The van der Waals surface area contributed by atoms with Crippen LogP contribution in [0.15, 0.2) is 5.16 Å². The molecule has 0 aliphatic carbocycles. The third-order valence-electron chi connectivity index (χ3n) is 3.61. The van der Waals surface area contributed by atoms with Crippen molar-refractivity contribution in [1.82, 2.24) is 9.80 Å². The molecule has 5 heteroatoms. The van der Waals surface area contributed by atoms with E-state index in [1.165, 1.54) is 13.0 Å². The molecule has 1 aliphatic heterocycles. The van der Waals surface area contributed by atoms with Crippen LogP contribution in [0.1, 0.15) is 33.1 Å². The SMILES string of the molecule is CCN(CC)C1CCN(CCCC(N)=NO)C1. The number of likely N-dealkylation sites (tertiary alicyclic amines) is 1. The van der Waals surface area contributed by atoms with Crippen molar-refractivity contribution in [3.05, 3.63) is 0 Å². The van der Waals surface area contributed by atoms with E-state index in [-0.39, 0.29) is 0 Å². The van der Waals surface area contributed by atoms with Gasteiger partial charge in [0, 0.05) is 19.0 Å². The molecule has 0 saturated carbocycles. The molecule has 0 radical (unpaired) electrons. The van der Waals surface area contributed by atoms with E-state index in [1.807, 2.05) is 0 Å². The summed E-state index contributed by atoms with van der Waals surface area (Å²) < 4.78 is 0. The summed E-state index contributed by atoms with van der Waals surface area (Å²) in [6.45, 7) is 10.1. The van der Waals surface area contributed by atoms with Crippen molar-refractivity contribution in [3.63, 3.8) is 0 Å². The number of hydrogen-bond acceptors (Lipinski definition) is 4. The van der Waals surface area contributed by atoms with Crippen molar-refractivity contribution in [2.45, 2.75) is 39.2 Å². The molecule has 0 amide bonds. The molecule has 1 fully saturated rings. The van der Waals surface area contributed by atoms with Crippen molar-refractivity contribution in [2.75, 3.05) is 32.7 Å². The van der Waals surface area contributed by atoms with Crippen LogP contribution in [-0.2, 0) is 0 Å². The van der Waals surface area contributed by atoms with E-state index < -0.39 is 0 Å². The Morgan fingerprint density at radius 1 is 1.47 bits per heavy atom. The summed E-state index contributed by atoms with van der Waals surface area (Å²) >= 11 is 0. The van der Waals surface area contributed by atoms with Gasteiger partial charge in [0.1, 0.15) is 5.84 Å². The van der Waals surface area contributed by atoms with Crippen molar-refractivity contribution < 1.29 is 5.21 Å². The first kappa shape index (κ1) is 14.3. The zero-order valence-electron chi connectivity index (χ0n) is 11.1. The van der Waals surface area contributed by atoms with Gasteiger partial charge in [0.25, 0.3) is 0 Å². The Morgan fingerprint density at radius 2 is 2.18 bits per heavy atom. The number of nitrogens with zero attached hydrogens (tertiary/aromatic N) is 3. The molecule has 0 aromatic heterocycles. The Hall–Kier alpha value is -0.810.